The molecule has 0 spiro atoms. The van der Waals surface area contributed by atoms with E-state index in [2.05, 4.69) is 4.98 Å². The van der Waals surface area contributed by atoms with Gasteiger partial charge in [0.2, 0.25) is 0 Å². The third kappa shape index (κ3) is 6.46. The van der Waals surface area contributed by atoms with Crippen LogP contribution in [0.1, 0.15) is 71.0 Å². The Bertz CT molecular complexity index is 925. The van der Waals surface area contributed by atoms with Crippen molar-refractivity contribution < 1.29 is 19.1 Å². The molecule has 0 aliphatic carbocycles. The van der Waals surface area contributed by atoms with Crippen molar-refractivity contribution >= 4 is 18.0 Å². The summed E-state index contributed by atoms with van der Waals surface area (Å²) in [5.41, 5.74) is 1.30. The largest absolute Gasteiger partial charge is 0.445 e. The van der Waals surface area contributed by atoms with E-state index in [-0.39, 0.29) is 24.8 Å². The molecular weight excluding hydrogens is 418 g/mol. The molecule has 0 saturated carbocycles. The van der Waals surface area contributed by atoms with Crippen LogP contribution in [0.15, 0.2) is 48.7 Å². The van der Waals surface area contributed by atoms with Gasteiger partial charge in [0.05, 0.1) is 6.04 Å². The highest BCUT2D eigenvalue weighted by molar-refractivity contribution is 5.87. The van der Waals surface area contributed by atoms with Gasteiger partial charge in [0.15, 0.2) is 0 Å². The van der Waals surface area contributed by atoms with Crippen LogP contribution in [-0.2, 0) is 16.1 Å². The second kappa shape index (κ2) is 10.7. The van der Waals surface area contributed by atoms with E-state index in [1.54, 1.807) is 16.0 Å². The van der Waals surface area contributed by atoms with E-state index in [1.165, 1.54) is 0 Å². The number of hydrogen-bond donors (Lipinski definition) is 0. The van der Waals surface area contributed by atoms with Crippen LogP contribution in [0, 0.1) is 0 Å². The van der Waals surface area contributed by atoms with Crippen LogP contribution in [0.3, 0.4) is 0 Å². The van der Waals surface area contributed by atoms with Crippen LogP contribution in [0.2, 0.25) is 0 Å². The first-order valence-electron chi connectivity index (χ1n) is 11.6. The number of amides is 2. The molecule has 2 heterocycles. The first-order valence-corrected chi connectivity index (χ1v) is 11.6. The maximum atomic E-state index is 12.8. The van der Waals surface area contributed by atoms with E-state index in [9.17, 15) is 9.59 Å². The molecule has 3 rings (SSSR count). The number of nitrogens with zero attached hydrogens (tertiary/aromatic N) is 3. The van der Waals surface area contributed by atoms with Gasteiger partial charge in [0, 0.05) is 18.8 Å². The molecule has 33 heavy (non-hydrogen) atoms. The first kappa shape index (κ1) is 24.6. The van der Waals surface area contributed by atoms with Gasteiger partial charge in [-0.15, -0.1) is 0 Å². The van der Waals surface area contributed by atoms with Crippen LogP contribution in [0.5, 0.6) is 0 Å². The van der Waals surface area contributed by atoms with Crippen LogP contribution in [0.4, 0.5) is 15.4 Å². The summed E-state index contributed by atoms with van der Waals surface area (Å²) in [6.45, 7) is 10.4. The van der Waals surface area contributed by atoms with Gasteiger partial charge in [-0.2, -0.15) is 0 Å². The lowest BCUT2D eigenvalue weighted by molar-refractivity contribution is 0.0565. The van der Waals surface area contributed by atoms with Crippen LogP contribution < -0.4 is 4.90 Å². The Morgan fingerprint density at radius 2 is 1.91 bits per heavy atom. The number of benzene rings is 1. The van der Waals surface area contributed by atoms with E-state index in [1.807, 2.05) is 77.1 Å². The van der Waals surface area contributed by atoms with Gasteiger partial charge in [0.1, 0.15) is 18.0 Å². The second-order valence-electron chi connectivity index (χ2n) is 9.45. The van der Waals surface area contributed by atoms with Crippen LogP contribution in [-0.4, -0.2) is 40.3 Å². The molecule has 1 saturated heterocycles. The number of aromatic nitrogens is 1. The van der Waals surface area contributed by atoms with E-state index < -0.39 is 11.7 Å². The molecule has 178 valence electrons. The summed E-state index contributed by atoms with van der Waals surface area (Å²) in [5.74, 6) is 0.540. The van der Waals surface area contributed by atoms with Gasteiger partial charge in [-0.25, -0.2) is 14.6 Å². The van der Waals surface area contributed by atoms with Gasteiger partial charge in [-0.05, 0) is 64.2 Å². The lowest BCUT2D eigenvalue weighted by atomic mass is 10.1. The zero-order chi connectivity index (χ0) is 24.0. The fraction of sp³-hybridized carbons (Fsp3) is 0.500. The maximum absolute atomic E-state index is 12.8. The summed E-state index contributed by atoms with van der Waals surface area (Å²) in [5, 5.41) is 0. The Kier molecular flexibility index (Phi) is 7.95. The van der Waals surface area contributed by atoms with Crippen molar-refractivity contribution in [2.75, 3.05) is 11.4 Å². The third-order valence-electron chi connectivity index (χ3n) is 5.72. The Morgan fingerprint density at radius 1 is 1.18 bits per heavy atom. The lowest BCUT2D eigenvalue weighted by Crippen LogP contribution is -2.42. The predicted octanol–water partition coefficient (Wildman–Crippen LogP) is 6.10. The van der Waals surface area contributed by atoms with E-state index in [4.69, 9.17) is 9.47 Å². The van der Waals surface area contributed by atoms with Crippen LogP contribution >= 0.6 is 0 Å². The van der Waals surface area contributed by atoms with Crippen molar-refractivity contribution in [3.8, 4) is 0 Å². The Morgan fingerprint density at radius 3 is 2.52 bits per heavy atom. The summed E-state index contributed by atoms with van der Waals surface area (Å²) in [6.07, 6.45) is 3.55. The molecule has 1 aliphatic rings. The Hall–Kier alpha value is -3.09. The average molecular weight is 454 g/mol. The molecule has 7 nitrogen and oxygen atoms in total. The van der Waals surface area contributed by atoms with Crippen molar-refractivity contribution in [3.63, 3.8) is 0 Å². The number of likely N-dealkylation sites (tertiary alicyclic amines) is 1. The molecule has 1 aromatic heterocycles. The average Bonchev–Trinajstić information content (AvgIpc) is 3.27. The molecule has 1 aromatic carbocycles. The number of carbonyl (C=O) groups is 2. The molecular formula is C26H35N3O4. The number of hydrogen-bond acceptors (Lipinski definition) is 5. The Balaban J connectivity index is 1.71. The first-order chi connectivity index (χ1) is 15.7. The smallest absolute Gasteiger partial charge is 0.416 e. The van der Waals surface area contributed by atoms with E-state index in [0.29, 0.717) is 12.4 Å². The number of anilines is 1. The van der Waals surface area contributed by atoms with Gasteiger partial charge in [0.25, 0.3) is 0 Å². The molecule has 2 amide bonds. The SMILES string of the molecule is CCC(C)N(C(=O)OC(C)(C)C)c1ccc(C2CCCN2C(=O)OCc2ccccc2)cn1. The van der Waals surface area contributed by atoms with Gasteiger partial charge in [-0.1, -0.05) is 43.3 Å². The maximum Gasteiger partial charge on any atom is 0.416 e. The van der Waals surface area contributed by atoms with Crippen molar-refractivity contribution in [2.24, 2.45) is 0 Å². The van der Waals surface area contributed by atoms with Crippen molar-refractivity contribution in [3.05, 3.63) is 59.8 Å². The van der Waals surface area contributed by atoms with Crippen LogP contribution in [0.25, 0.3) is 0 Å². The minimum atomic E-state index is -0.590. The van der Waals surface area contributed by atoms with E-state index in [0.717, 1.165) is 30.4 Å². The molecule has 1 fully saturated rings. The summed E-state index contributed by atoms with van der Waals surface area (Å²) < 4.78 is 11.1. The molecule has 0 radical (unpaired) electrons. The third-order valence-corrected chi connectivity index (χ3v) is 5.72. The minimum Gasteiger partial charge on any atom is -0.445 e. The normalized spacial score (nSPS) is 16.9. The highest BCUT2D eigenvalue weighted by Crippen LogP contribution is 2.33. The monoisotopic (exact) mass is 453 g/mol. The second-order valence-corrected chi connectivity index (χ2v) is 9.45. The molecule has 2 unspecified atom stereocenters. The van der Waals surface area contributed by atoms with Gasteiger partial charge < -0.3 is 14.4 Å². The highest BCUT2D eigenvalue weighted by Gasteiger charge is 2.32. The summed E-state index contributed by atoms with van der Waals surface area (Å²) in [4.78, 5) is 33.5. The molecule has 1 aliphatic heterocycles. The number of carbonyl (C=O) groups excluding carboxylic acids is 2. The molecule has 2 aromatic rings. The molecule has 0 bridgehead atoms. The molecule has 7 heteroatoms. The van der Waals surface area contributed by atoms with Crippen molar-refractivity contribution in [2.45, 2.75) is 78.2 Å². The zero-order valence-corrected chi connectivity index (χ0v) is 20.3. The quantitative estimate of drug-likeness (QED) is 0.529. The fourth-order valence-corrected chi connectivity index (χ4v) is 3.86. The van der Waals surface area contributed by atoms with Crippen molar-refractivity contribution in [1.29, 1.82) is 0 Å². The van der Waals surface area contributed by atoms with Gasteiger partial charge in [-0.3, -0.25) is 4.90 Å². The zero-order valence-electron chi connectivity index (χ0n) is 20.3. The topological polar surface area (TPSA) is 72.0 Å². The predicted molar refractivity (Wildman–Crippen MR) is 128 cm³/mol. The minimum absolute atomic E-state index is 0.0610. The molecule has 0 N–H and O–H groups in total. The summed E-state index contributed by atoms with van der Waals surface area (Å²) in [6, 6.07) is 13.3. The fourth-order valence-electron chi connectivity index (χ4n) is 3.86. The number of rotatable bonds is 6. The summed E-state index contributed by atoms with van der Waals surface area (Å²) in [7, 11) is 0. The van der Waals surface area contributed by atoms with E-state index >= 15 is 0 Å². The Labute approximate surface area is 196 Å². The highest BCUT2D eigenvalue weighted by atomic mass is 16.6. The summed E-state index contributed by atoms with van der Waals surface area (Å²) >= 11 is 0. The number of ether oxygens (including phenoxy) is 2. The number of pyridine rings is 1. The molecule has 2 atom stereocenters. The van der Waals surface area contributed by atoms with Gasteiger partial charge >= 0.3 is 12.2 Å². The van der Waals surface area contributed by atoms with Crippen molar-refractivity contribution in [1.82, 2.24) is 9.88 Å². The standard InChI is InChI=1S/C26H35N3O4/c1-6-19(2)29(25(31)33-26(3,4)5)23-15-14-21(17-27-23)22-13-10-16-28(22)24(30)32-18-20-11-8-7-9-12-20/h7-9,11-12,14-15,17,19,22H,6,10,13,16,18H2,1-5H3. The lowest BCUT2D eigenvalue weighted by Gasteiger charge is -2.31.